The van der Waals surface area contributed by atoms with Crippen LogP contribution in [-0.4, -0.2) is 63.4 Å². The second kappa shape index (κ2) is 6.48. The molecular formula is C8H15NO8P+. The molecule has 5 N–H and O–H groups in total. The van der Waals surface area contributed by atoms with E-state index in [1.165, 1.54) is 6.92 Å². The lowest BCUT2D eigenvalue weighted by Gasteiger charge is -2.39. The molecule has 9 nitrogen and oxygen atoms in total. The van der Waals surface area contributed by atoms with Crippen LogP contribution in [0, 0.1) is 0 Å². The molecule has 0 aromatic heterocycles. The fourth-order valence-corrected chi connectivity index (χ4v) is 2.18. The summed E-state index contributed by atoms with van der Waals surface area (Å²) in [6, 6.07) is -1.22. The number of nitrogens with one attached hydrogen (secondary N) is 1. The second-order valence-electron chi connectivity index (χ2n) is 3.77. The summed E-state index contributed by atoms with van der Waals surface area (Å²) in [5, 5.41) is 30.6. The Hall–Kier alpha value is -0.670. The maximum absolute atomic E-state index is 10.9. The van der Waals surface area contributed by atoms with Gasteiger partial charge in [-0.1, -0.05) is 0 Å². The monoisotopic (exact) mass is 284 g/mol. The van der Waals surface area contributed by atoms with Gasteiger partial charge in [-0.2, -0.15) is 0 Å². The normalized spacial score (nSPS) is 37.2. The first-order chi connectivity index (χ1) is 8.36. The van der Waals surface area contributed by atoms with E-state index in [2.05, 4.69) is 9.84 Å². The number of rotatable bonds is 4. The second-order valence-corrected chi connectivity index (χ2v) is 4.46. The van der Waals surface area contributed by atoms with Gasteiger partial charge in [-0.15, -0.1) is 9.42 Å². The zero-order valence-corrected chi connectivity index (χ0v) is 10.4. The largest absolute Gasteiger partial charge is 0.695 e. The van der Waals surface area contributed by atoms with Crippen molar-refractivity contribution in [3.63, 3.8) is 0 Å². The third-order valence-electron chi connectivity index (χ3n) is 2.45. The Kier molecular flexibility index (Phi) is 5.54. The number of carbonyl (C=O) groups is 1. The molecule has 0 bridgehead atoms. The summed E-state index contributed by atoms with van der Waals surface area (Å²) in [5.74, 6) is -0.531. The van der Waals surface area contributed by atoms with Crippen LogP contribution in [0.2, 0.25) is 0 Å². The Balaban J connectivity index is 2.84. The molecule has 1 fully saturated rings. The molecule has 0 spiro atoms. The standard InChI is InChI=1S/C8H14NO8P/c1-3(11)9-5-6(12)7(17-18(14)15)4(2-10)16-8(5)13/h4-8,10,12-13H,2H2,1H3,(H-,9,11,14,15)/p+1. The lowest BCUT2D eigenvalue weighted by Crippen LogP contribution is -2.64. The number of amides is 1. The topological polar surface area (TPSA) is 146 Å². The minimum atomic E-state index is -3.03. The lowest BCUT2D eigenvalue weighted by molar-refractivity contribution is -0.248. The first kappa shape index (κ1) is 15.4. The molecule has 1 saturated heterocycles. The van der Waals surface area contributed by atoms with Gasteiger partial charge in [0.1, 0.15) is 18.2 Å². The predicted octanol–water partition coefficient (Wildman–Crippen LogP) is -2.40. The van der Waals surface area contributed by atoms with Gasteiger partial charge < -0.3 is 25.4 Å². The van der Waals surface area contributed by atoms with Crippen LogP contribution in [0.3, 0.4) is 0 Å². The van der Waals surface area contributed by atoms with Crippen molar-refractivity contribution in [3.05, 3.63) is 0 Å². The summed E-state index contributed by atoms with van der Waals surface area (Å²) in [6.07, 6.45) is -5.58. The van der Waals surface area contributed by atoms with Crippen molar-refractivity contribution in [2.24, 2.45) is 0 Å². The van der Waals surface area contributed by atoms with Crippen LogP contribution in [0.5, 0.6) is 0 Å². The smallest absolute Gasteiger partial charge is 0.394 e. The van der Waals surface area contributed by atoms with E-state index in [1.54, 1.807) is 0 Å². The predicted molar refractivity (Wildman–Crippen MR) is 56.3 cm³/mol. The maximum Gasteiger partial charge on any atom is 0.695 e. The van der Waals surface area contributed by atoms with Gasteiger partial charge in [-0.3, -0.25) is 4.79 Å². The molecule has 1 heterocycles. The van der Waals surface area contributed by atoms with Crippen LogP contribution in [0.4, 0.5) is 0 Å². The Morgan fingerprint density at radius 3 is 2.56 bits per heavy atom. The lowest BCUT2D eigenvalue weighted by atomic mass is 9.97. The van der Waals surface area contributed by atoms with Crippen LogP contribution in [0.1, 0.15) is 6.92 Å². The van der Waals surface area contributed by atoms with Gasteiger partial charge in [-0.25, -0.2) is 0 Å². The Morgan fingerprint density at radius 2 is 2.11 bits per heavy atom. The van der Waals surface area contributed by atoms with Gasteiger partial charge in [0.25, 0.3) is 0 Å². The van der Waals surface area contributed by atoms with E-state index < -0.39 is 51.4 Å². The van der Waals surface area contributed by atoms with Gasteiger partial charge in [0.2, 0.25) is 5.91 Å². The molecule has 0 radical (unpaired) electrons. The Bertz CT molecular complexity index is 326. The summed E-state index contributed by atoms with van der Waals surface area (Å²) in [7, 11) is -3.03. The fraction of sp³-hybridized carbons (Fsp3) is 0.875. The van der Waals surface area contributed by atoms with Crippen LogP contribution >= 0.6 is 8.25 Å². The van der Waals surface area contributed by atoms with Crippen LogP contribution < -0.4 is 5.32 Å². The van der Waals surface area contributed by atoms with Gasteiger partial charge in [0.15, 0.2) is 12.4 Å². The minimum Gasteiger partial charge on any atom is -0.394 e. The molecule has 0 aromatic rings. The summed E-state index contributed by atoms with van der Waals surface area (Å²) >= 11 is 0. The van der Waals surface area contributed by atoms with Crippen LogP contribution in [-0.2, 0) is 18.6 Å². The highest BCUT2D eigenvalue weighted by Gasteiger charge is 2.49. The average molecular weight is 284 g/mol. The van der Waals surface area contributed by atoms with Crippen LogP contribution in [0.25, 0.3) is 0 Å². The molecule has 0 aliphatic carbocycles. The highest BCUT2D eigenvalue weighted by molar-refractivity contribution is 7.32. The number of aliphatic hydroxyl groups excluding tert-OH is 3. The van der Waals surface area contributed by atoms with Gasteiger partial charge >= 0.3 is 8.25 Å². The minimum absolute atomic E-state index is 0.531. The summed E-state index contributed by atoms with van der Waals surface area (Å²) < 4.78 is 20.0. The van der Waals surface area contributed by atoms with E-state index in [0.29, 0.717) is 0 Å². The molecule has 104 valence electrons. The molecule has 1 amide bonds. The number of aliphatic hydroxyl groups is 3. The number of carbonyl (C=O) groups excluding carboxylic acids is 1. The van der Waals surface area contributed by atoms with Crippen molar-refractivity contribution in [1.29, 1.82) is 0 Å². The Morgan fingerprint density at radius 1 is 1.50 bits per heavy atom. The highest BCUT2D eigenvalue weighted by Crippen LogP contribution is 2.29. The first-order valence-electron chi connectivity index (χ1n) is 5.09. The molecule has 0 aromatic carbocycles. The molecule has 0 saturated carbocycles. The van der Waals surface area contributed by atoms with E-state index in [-0.39, 0.29) is 0 Å². The number of hydrogen-bond donors (Lipinski definition) is 5. The van der Waals surface area contributed by atoms with Crippen molar-refractivity contribution in [3.8, 4) is 0 Å². The van der Waals surface area contributed by atoms with Crippen molar-refractivity contribution >= 4 is 14.2 Å². The van der Waals surface area contributed by atoms with Gasteiger partial charge in [0.05, 0.1) is 6.61 Å². The van der Waals surface area contributed by atoms with E-state index >= 15 is 0 Å². The zero-order chi connectivity index (χ0) is 13.9. The van der Waals surface area contributed by atoms with Crippen molar-refractivity contribution in [1.82, 2.24) is 5.32 Å². The van der Waals surface area contributed by atoms with Crippen LogP contribution in [0.15, 0.2) is 0 Å². The molecule has 6 unspecified atom stereocenters. The maximum atomic E-state index is 10.9. The molecule has 1 rings (SSSR count). The number of ether oxygens (including phenoxy) is 1. The zero-order valence-electron chi connectivity index (χ0n) is 9.46. The SMILES string of the molecule is CC(=O)NC1C(O)OC(CO)C(O[P+](=O)O)C1O. The molecule has 1 aliphatic heterocycles. The molecule has 6 atom stereocenters. The van der Waals surface area contributed by atoms with Crippen molar-refractivity contribution < 1.29 is 38.8 Å². The number of hydrogen-bond acceptors (Lipinski definition) is 7. The van der Waals surface area contributed by atoms with E-state index in [1.807, 2.05) is 0 Å². The summed E-state index contributed by atoms with van der Waals surface area (Å²) in [5.41, 5.74) is 0. The van der Waals surface area contributed by atoms with Crippen molar-refractivity contribution in [2.45, 2.75) is 37.6 Å². The quantitative estimate of drug-likeness (QED) is 0.359. The average Bonchev–Trinajstić information content (AvgIpc) is 2.27. The Labute approximate surface area is 103 Å². The van der Waals surface area contributed by atoms with E-state index in [9.17, 15) is 19.6 Å². The molecule has 10 heteroatoms. The molecular weight excluding hydrogens is 269 g/mol. The summed E-state index contributed by atoms with van der Waals surface area (Å²) in [4.78, 5) is 19.6. The molecule has 1 aliphatic rings. The van der Waals surface area contributed by atoms with E-state index in [4.69, 9.17) is 14.7 Å². The summed E-state index contributed by atoms with van der Waals surface area (Å²) in [6.45, 7) is 0.536. The third-order valence-corrected chi connectivity index (χ3v) is 2.88. The highest BCUT2D eigenvalue weighted by atomic mass is 31.1. The van der Waals surface area contributed by atoms with E-state index in [0.717, 1.165) is 0 Å². The van der Waals surface area contributed by atoms with Gasteiger partial charge in [-0.05, 0) is 0 Å². The fourth-order valence-electron chi connectivity index (χ4n) is 1.71. The first-order valence-corrected chi connectivity index (χ1v) is 6.22. The third kappa shape index (κ3) is 3.66. The van der Waals surface area contributed by atoms with Crippen molar-refractivity contribution in [2.75, 3.05) is 6.61 Å². The molecule has 18 heavy (non-hydrogen) atoms. The van der Waals surface area contributed by atoms with Gasteiger partial charge in [0, 0.05) is 11.5 Å².